The van der Waals surface area contributed by atoms with Crippen LogP contribution in [0.2, 0.25) is 0 Å². The molecule has 26 heavy (non-hydrogen) atoms. The fraction of sp³-hybridized carbons (Fsp3) is 0.316. The predicted molar refractivity (Wildman–Crippen MR) is 106 cm³/mol. The van der Waals surface area contributed by atoms with E-state index in [1.165, 1.54) is 10.8 Å². The minimum Gasteiger partial charge on any atom is -0.378 e. The molecule has 1 aromatic carbocycles. The number of carbonyl (C=O) groups is 2. The van der Waals surface area contributed by atoms with Crippen molar-refractivity contribution in [3.8, 4) is 0 Å². The molecule has 1 aromatic heterocycles. The van der Waals surface area contributed by atoms with Gasteiger partial charge in [0.1, 0.15) is 22.1 Å². The quantitative estimate of drug-likeness (QED) is 0.499. The number of nitrogens with one attached hydrogen (secondary N) is 1. The van der Waals surface area contributed by atoms with Crippen molar-refractivity contribution in [3.05, 3.63) is 59.8 Å². The van der Waals surface area contributed by atoms with Crippen LogP contribution in [0.25, 0.3) is 0 Å². The van der Waals surface area contributed by atoms with Gasteiger partial charge in [0.05, 0.1) is 0 Å². The number of hydrogen-bond donors (Lipinski definition) is 1. The van der Waals surface area contributed by atoms with Gasteiger partial charge in [-0.15, -0.1) is 0 Å². The lowest BCUT2D eigenvalue weighted by molar-refractivity contribution is -0.135. The summed E-state index contributed by atoms with van der Waals surface area (Å²) in [6.45, 7) is 3.91. The molecule has 2 aromatic rings. The van der Waals surface area contributed by atoms with Crippen molar-refractivity contribution in [2.45, 2.75) is 44.2 Å². The largest absolute Gasteiger partial charge is 0.378 e. The fourth-order valence-corrected chi connectivity index (χ4v) is 3.59. The van der Waals surface area contributed by atoms with Gasteiger partial charge in [0.2, 0.25) is 0 Å². The molecule has 1 unspecified atom stereocenters. The van der Waals surface area contributed by atoms with Crippen LogP contribution in [0.3, 0.4) is 0 Å². The van der Waals surface area contributed by atoms with Gasteiger partial charge in [-0.25, -0.2) is 9.78 Å². The fourth-order valence-electron chi connectivity index (χ4n) is 2.26. The Morgan fingerprint density at radius 2 is 1.96 bits per heavy atom. The van der Waals surface area contributed by atoms with Gasteiger partial charge < -0.3 is 9.50 Å². The third-order valence-electron chi connectivity index (χ3n) is 3.70. The molecule has 1 heterocycles. The maximum atomic E-state index is 12.5. The molecule has 1 atom stereocenters. The molecular weight excluding hydrogens is 368 g/mol. The van der Waals surface area contributed by atoms with Gasteiger partial charge in [0.25, 0.3) is 5.91 Å². The number of nitrogens with zero attached hydrogens (tertiary/aromatic N) is 1. The Bertz CT molecular complexity index is 726. The van der Waals surface area contributed by atoms with Crippen LogP contribution in [0.15, 0.2) is 53.7 Å². The maximum Gasteiger partial charge on any atom is 0.341 e. The zero-order chi connectivity index (χ0) is 18.8. The molecule has 0 saturated heterocycles. The summed E-state index contributed by atoms with van der Waals surface area (Å²) in [4.78, 5) is 29.0. The molecular formula is C19H22N2O3S2. The summed E-state index contributed by atoms with van der Waals surface area (Å²) in [5.74, 6) is -0.711. The highest BCUT2D eigenvalue weighted by atomic mass is 33.1. The molecule has 1 amide bonds. The summed E-state index contributed by atoms with van der Waals surface area (Å²) >= 11 is 0.956. The Labute approximate surface area is 161 Å². The van der Waals surface area contributed by atoms with Crippen LogP contribution >= 0.6 is 21.9 Å². The smallest absolute Gasteiger partial charge is 0.341 e. The summed E-state index contributed by atoms with van der Waals surface area (Å²) in [5.41, 5.74) is 1.44. The molecule has 1 N–H and O–H groups in total. The Morgan fingerprint density at radius 3 is 2.65 bits per heavy atom. The molecule has 0 radical (unpaired) electrons. The minimum atomic E-state index is -0.668. The number of unbranched alkanes of at least 4 members (excludes halogenated alkanes) is 1. The first-order valence-corrected chi connectivity index (χ1v) is 10.5. The standard InChI is InChI=1S/C19H22N2O3S2/c1-3-4-11-16(21-18(22)15-10-6-5-9-14(15)2)19(23)24-26-25-17-12-7-8-13-20-17/h5-10,12-13,16H,3-4,11H2,1-2H3,(H,21,22). The van der Waals surface area contributed by atoms with Crippen LogP contribution in [0, 0.1) is 6.92 Å². The Balaban J connectivity index is 1.93. The lowest BCUT2D eigenvalue weighted by Gasteiger charge is -2.17. The third kappa shape index (κ3) is 6.38. The highest BCUT2D eigenvalue weighted by molar-refractivity contribution is 8.75. The summed E-state index contributed by atoms with van der Waals surface area (Å²) < 4.78 is 5.26. The average molecular weight is 391 g/mol. The van der Waals surface area contributed by atoms with Gasteiger partial charge in [0.15, 0.2) is 0 Å². The second kappa shape index (κ2) is 10.9. The van der Waals surface area contributed by atoms with Crippen molar-refractivity contribution in [1.82, 2.24) is 10.3 Å². The molecule has 0 saturated carbocycles. The normalized spacial score (nSPS) is 11.6. The van der Waals surface area contributed by atoms with E-state index in [9.17, 15) is 9.59 Å². The lowest BCUT2D eigenvalue weighted by Crippen LogP contribution is -2.41. The van der Waals surface area contributed by atoms with Crippen molar-refractivity contribution in [3.63, 3.8) is 0 Å². The maximum absolute atomic E-state index is 12.5. The van der Waals surface area contributed by atoms with Gasteiger partial charge >= 0.3 is 5.97 Å². The summed E-state index contributed by atoms with van der Waals surface area (Å²) in [5, 5.41) is 3.56. The number of rotatable bonds is 9. The highest BCUT2D eigenvalue weighted by Gasteiger charge is 2.23. The zero-order valence-electron chi connectivity index (χ0n) is 14.8. The van der Waals surface area contributed by atoms with Crippen LogP contribution < -0.4 is 5.32 Å². The van der Waals surface area contributed by atoms with E-state index in [4.69, 9.17) is 4.18 Å². The topological polar surface area (TPSA) is 68.3 Å². The van der Waals surface area contributed by atoms with Crippen LogP contribution in [-0.4, -0.2) is 22.9 Å². The molecule has 0 fully saturated rings. The number of hydrogen-bond acceptors (Lipinski definition) is 6. The van der Waals surface area contributed by atoms with E-state index in [0.717, 1.165) is 34.5 Å². The van der Waals surface area contributed by atoms with E-state index < -0.39 is 12.0 Å². The van der Waals surface area contributed by atoms with Crippen molar-refractivity contribution >= 4 is 33.7 Å². The van der Waals surface area contributed by atoms with Crippen molar-refractivity contribution in [2.24, 2.45) is 0 Å². The third-order valence-corrected chi connectivity index (χ3v) is 5.33. The second-order valence-electron chi connectivity index (χ2n) is 5.70. The monoisotopic (exact) mass is 390 g/mol. The zero-order valence-corrected chi connectivity index (χ0v) is 16.4. The van der Waals surface area contributed by atoms with Crippen molar-refractivity contribution in [2.75, 3.05) is 0 Å². The van der Waals surface area contributed by atoms with Crippen LogP contribution in [0.4, 0.5) is 0 Å². The number of benzene rings is 1. The molecule has 7 heteroatoms. The first kappa shape index (κ1) is 20.3. The van der Waals surface area contributed by atoms with Crippen molar-refractivity contribution < 1.29 is 13.8 Å². The van der Waals surface area contributed by atoms with E-state index in [1.54, 1.807) is 18.3 Å². The van der Waals surface area contributed by atoms with Gasteiger partial charge in [-0.3, -0.25) is 4.79 Å². The van der Waals surface area contributed by atoms with E-state index in [0.29, 0.717) is 12.0 Å². The molecule has 0 aliphatic carbocycles. The molecule has 138 valence electrons. The number of aromatic nitrogens is 1. The summed E-state index contributed by atoms with van der Waals surface area (Å²) in [7, 11) is 1.26. The first-order valence-electron chi connectivity index (χ1n) is 8.44. The minimum absolute atomic E-state index is 0.261. The van der Waals surface area contributed by atoms with E-state index in [1.807, 2.05) is 44.2 Å². The molecule has 0 aliphatic rings. The van der Waals surface area contributed by atoms with Gasteiger partial charge in [-0.1, -0.05) is 44.0 Å². The Hall–Kier alpha value is -1.99. The van der Waals surface area contributed by atoms with Crippen LogP contribution in [0.5, 0.6) is 0 Å². The number of carbonyl (C=O) groups excluding carboxylic acids is 2. The second-order valence-corrected chi connectivity index (χ2v) is 7.50. The molecule has 0 bridgehead atoms. The first-order chi connectivity index (χ1) is 12.6. The predicted octanol–water partition coefficient (Wildman–Crippen LogP) is 4.58. The van der Waals surface area contributed by atoms with E-state index in [2.05, 4.69) is 10.3 Å². The Kier molecular flexibility index (Phi) is 8.50. The highest BCUT2D eigenvalue weighted by Crippen LogP contribution is 2.30. The van der Waals surface area contributed by atoms with Crippen molar-refractivity contribution in [1.29, 1.82) is 0 Å². The lowest BCUT2D eigenvalue weighted by atomic mass is 10.1. The van der Waals surface area contributed by atoms with E-state index >= 15 is 0 Å². The van der Waals surface area contributed by atoms with Gasteiger partial charge in [0, 0.05) is 22.6 Å². The molecule has 5 nitrogen and oxygen atoms in total. The van der Waals surface area contributed by atoms with Crippen LogP contribution in [-0.2, 0) is 8.98 Å². The average Bonchev–Trinajstić information content (AvgIpc) is 2.66. The summed E-state index contributed by atoms with van der Waals surface area (Å²) in [6, 6.07) is 12.2. The molecule has 0 aliphatic heterocycles. The summed E-state index contributed by atoms with van der Waals surface area (Å²) in [6.07, 6.45) is 3.98. The van der Waals surface area contributed by atoms with E-state index in [-0.39, 0.29) is 5.91 Å². The number of amides is 1. The van der Waals surface area contributed by atoms with Gasteiger partial charge in [-0.2, -0.15) is 0 Å². The van der Waals surface area contributed by atoms with Gasteiger partial charge in [-0.05, 0) is 37.1 Å². The number of aryl methyl sites for hydroxylation is 1. The molecule has 2 rings (SSSR count). The SMILES string of the molecule is CCCCC(NC(=O)c1ccccc1C)C(=O)OSSc1ccccn1. The Morgan fingerprint density at radius 1 is 1.19 bits per heavy atom. The number of pyridine rings is 1. The molecule has 0 spiro atoms. The van der Waals surface area contributed by atoms with Crippen LogP contribution in [0.1, 0.15) is 42.1 Å².